The van der Waals surface area contributed by atoms with Crippen LogP contribution in [0.2, 0.25) is 0 Å². The third-order valence-corrected chi connectivity index (χ3v) is 1.99. The standard InChI is InChI=1S/C7H16N2O2/c1-10-7-6(9)3-2-5(4-8)11-7/h5-7H,2-4,8-9H2,1H3/t5-,6-,7+/m0/s1. The van der Waals surface area contributed by atoms with E-state index < -0.39 is 0 Å². The topological polar surface area (TPSA) is 70.5 Å². The van der Waals surface area contributed by atoms with Crippen molar-refractivity contribution in [1.82, 2.24) is 0 Å². The Kier molecular flexibility index (Phi) is 3.26. The maximum atomic E-state index is 5.72. The summed E-state index contributed by atoms with van der Waals surface area (Å²) in [5.74, 6) is 0. The van der Waals surface area contributed by atoms with E-state index in [9.17, 15) is 0 Å². The molecule has 4 heteroatoms. The van der Waals surface area contributed by atoms with Gasteiger partial charge in [0.25, 0.3) is 0 Å². The summed E-state index contributed by atoms with van der Waals surface area (Å²) in [5.41, 5.74) is 11.2. The van der Waals surface area contributed by atoms with Gasteiger partial charge in [0.05, 0.1) is 12.1 Å². The molecule has 0 spiro atoms. The van der Waals surface area contributed by atoms with E-state index in [0.29, 0.717) is 6.54 Å². The maximum absolute atomic E-state index is 5.72. The lowest BCUT2D eigenvalue weighted by molar-refractivity contribution is -0.186. The Morgan fingerprint density at radius 2 is 2.27 bits per heavy atom. The van der Waals surface area contributed by atoms with Gasteiger partial charge in [0.1, 0.15) is 0 Å². The molecule has 0 unspecified atom stereocenters. The summed E-state index contributed by atoms with van der Waals surface area (Å²) in [6.07, 6.45) is 1.73. The quantitative estimate of drug-likeness (QED) is 0.567. The molecular weight excluding hydrogens is 144 g/mol. The summed E-state index contributed by atoms with van der Waals surface area (Å²) in [4.78, 5) is 0. The first-order chi connectivity index (χ1) is 5.27. The van der Waals surface area contributed by atoms with Gasteiger partial charge in [-0.3, -0.25) is 0 Å². The van der Waals surface area contributed by atoms with Crippen molar-refractivity contribution in [3.8, 4) is 0 Å². The molecule has 11 heavy (non-hydrogen) atoms. The molecular formula is C7H16N2O2. The van der Waals surface area contributed by atoms with Crippen molar-refractivity contribution in [2.75, 3.05) is 13.7 Å². The summed E-state index contributed by atoms with van der Waals surface area (Å²) < 4.78 is 10.5. The Hall–Kier alpha value is -0.160. The van der Waals surface area contributed by atoms with E-state index in [1.54, 1.807) is 7.11 Å². The molecule has 4 nitrogen and oxygen atoms in total. The molecule has 1 saturated heterocycles. The van der Waals surface area contributed by atoms with Crippen LogP contribution < -0.4 is 11.5 Å². The van der Waals surface area contributed by atoms with E-state index in [-0.39, 0.29) is 18.4 Å². The Balaban J connectivity index is 2.37. The highest BCUT2D eigenvalue weighted by molar-refractivity contribution is 4.76. The predicted octanol–water partition coefficient (Wildman–Crippen LogP) is -0.576. The maximum Gasteiger partial charge on any atom is 0.172 e. The largest absolute Gasteiger partial charge is 0.354 e. The average Bonchev–Trinajstić information content (AvgIpc) is 2.05. The zero-order valence-corrected chi connectivity index (χ0v) is 6.82. The molecule has 1 aliphatic heterocycles. The van der Waals surface area contributed by atoms with Crippen LogP contribution >= 0.6 is 0 Å². The van der Waals surface area contributed by atoms with Crippen LogP contribution in [0.3, 0.4) is 0 Å². The fraction of sp³-hybridized carbons (Fsp3) is 1.00. The van der Waals surface area contributed by atoms with Gasteiger partial charge in [-0.2, -0.15) is 0 Å². The smallest absolute Gasteiger partial charge is 0.172 e. The SMILES string of the molecule is CO[C@@H]1O[C@H](CN)CC[C@@H]1N. The molecule has 0 saturated carbocycles. The minimum atomic E-state index is -0.266. The predicted molar refractivity (Wildman–Crippen MR) is 41.9 cm³/mol. The number of hydrogen-bond donors (Lipinski definition) is 2. The van der Waals surface area contributed by atoms with Gasteiger partial charge in [-0.1, -0.05) is 0 Å². The normalized spacial score (nSPS) is 39.0. The lowest BCUT2D eigenvalue weighted by atomic mass is 10.0. The van der Waals surface area contributed by atoms with Crippen LogP contribution in [0, 0.1) is 0 Å². The highest BCUT2D eigenvalue weighted by Crippen LogP contribution is 2.17. The average molecular weight is 160 g/mol. The minimum absolute atomic E-state index is 0.00259. The van der Waals surface area contributed by atoms with Crippen molar-refractivity contribution in [3.05, 3.63) is 0 Å². The van der Waals surface area contributed by atoms with Gasteiger partial charge in [0.2, 0.25) is 0 Å². The molecule has 0 aliphatic carbocycles. The summed E-state index contributed by atoms with van der Waals surface area (Å²) in [6.45, 7) is 0.548. The van der Waals surface area contributed by atoms with E-state index in [1.165, 1.54) is 0 Å². The van der Waals surface area contributed by atoms with Gasteiger partial charge < -0.3 is 20.9 Å². The van der Waals surface area contributed by atoms with E-state index in [4.69, 9.17) is 20.9 Å². The number of ether oxygens (including phenoxy) is 2. The van der Waals surface area contributed by atoms with Crippen molar-refractivity contribution in [3.63, 3.8) is 0 Å². The molecule has 1 aliphatic rings. The lowest BCUT2D eigenvalue weighted by Crippen LogP contribution is -2.47. The number of nitrogens with two attached hydrogens (primary N) is 2. The molecule has 0 radical (unpaired) electrons. The van der Waals surface area contributed by atoms with Crippen LogP contribution in [0.4, 0.5) is 0 Å². The van der Waals surface area contributed by atoms with Gasteiger partial charge in [-0.05, 0) is 12.8 Å². The van der Waals surface area contributed by atoms with Gasteiger partial charge in [-0.15, -0.1) is 0 Å². The summed E-state index contributed by atoms with van der Waals surface area (Å²) in [6, 6.07) is 0.00259. The minimum Gasteiger partial charge on any atom is -0.354 e. The highest BCUT2D eigenvalue weighted by Gasteiger charge is 2.27. The first-order valence-corrected chi connectivity index (χ1v) is 3.92. The Labute approximate surface area is 66.8 Å². The highest BCUT2D eigenvalue weighted by atomic mass is 16.7. The fourth-order valence-corrected chi connectivity index (χ4v) is 1.28. The first kappa shape index (κ1) is 8.93. The third-order valence-electron chi connectivity index (χ3n) is 1.99. The van der Waals surface area contributed by atoms with E-state index in [2.05, 4.69) is 0 Å². The number of methoxy groups -OCH3 is 1. The van der Waals surface area contributed by atoms with Gasteiger partial charge in [0, 0.05) is 13.7 Å². The van der Waals surface area contributed by atoms with Crippen molar-refractivity contribution >= 4 is 0 Å². The van der Waals surface area contributed by atoms with E-state index in [1.807, 2.05) is 0 Å². The molecule has 1 rings (SSSR count). The Morgan fingerprint density at radius 1 is 1.55 bits per heavy atom. The molecule has 1 heterocycles. The van der Waals surface area contributed by atoms with E-state index in [0.717, 1.165) is 12.8 Å². The monoisotopic (exact) mass is 160 g/mol. The molecule has 4 N–H and O–H groups in total. The van der Waals surface area contributed by atoms with Crippen molar-refractivity contribution in [2.45, 2.75) is 31.3 Å². The van der Waals surface area contributed by atoms with Crippen LogP contribution in [0.15, 0.2) is 0 Å². The molecule has 1 fully saturated rings. The second-order valence-electron chi connectivity index (χ2n) is 2.84. The summed E-state index contributed by atoms with van der Waals surface area (Å²) >= 11 is 0. The van der Waals surface area contributed by atoms with Crippen LogP contribution in [0.5, 0.6) is 0 Å². The molecule has 3 atom stereocenters. The molecule has 0 amide bonds. The van der Waals surface area contributed by atoms with Gasteiger partial charge in [-0.25, -0.2) is 0 Å². The summed E-state index contributed by atoms with van der Waals surface area (Å²) in [7, 11) is 1.60. The van der Waals surface area contributed by atoms with Crippen LogP contribution in [-0.2, 0) is 9.47 Å². The second-order valence-corrected chi connectivity index (χ2v) is 2.84. The molecule has 0 aromatic carbocycles. The zero-order valence-electron chi connectivity index (χ0n) is 6.82. The number of hydrogen-bond acceptors (Lipinski definition) is 4. The van der Waals surface area contributed by atoms with Crippen molar-refractivity contribution in [1.29, 1.82) is 0 Å². The van der Waals surface area contributed by atoms with Crippen LogP contribution in [0.1, 0.15) is 12.8 Å². The van der Waals surface area contributed by atoms with Crippen LogP contribution in [0.25, 0.3) is 0 Å². The first-order valence-electron chi connectivity index (χ1n) is 3.92. The second kappa shape index (κ2) is 4.01. The molecule has 0 aromatic rings. The van der Waals surface area contributed by atoms with E-state index >= 15 is 0 Å². The fourth-order valence-electron chi connectivity index (χ4n) is 1.28. The zero-order chi connectivity index (χ0) is 8.27. The van der Waals surface area contributed by atoms with Crippen LogP contribution in [-0.4, -0.2) is 32.1 Å². The van der Waals surface area contributed by atoms with Gasteiger partial charge in [0.15, 0.2) is 6.29 Å². The van der Waals surface area contributed by atoms with Crippen molar-refractivity contribution < 1.29 is 9.47 Å². The molecule has 0 bridgehead atoms. The lowest BCUT2D eigenvalue weighted by Gasteiger charge is -2.32. The molecule has 0 aromatic heterocycles. The Morgan fingerprint density at radius 3 is 2.82 bits per heavy atom. The van der Waals surface area contributed by atoms with Gasteiger partial charge >= 0.3 is 0 Å². The van der Waals surface area contributed by atoms with Crippen molar-refractivity contribution in [2.24, 2.45) is 11.5 Å². The Bertz CT molecular complexity index is 121. The molecule has 66 valence electrons. The third kappa shape index (κ3) is 2.13. The summed E-state index contributed by atoms with van der Waals surface area (Å²) in [5, 5.41) is 0. The number of rotatable bonds is 2.